The first kappa shape index (κ1) is 31.3. The molecule has 1 saturated heterocycles. The maximum absolute atomic E-state index is 14.0. The minimum absolute atomic E-state index is 0.234. The lowest BCUT2D eigenvalue weighted by Gasteiger charge is -2.36. The Morgan fingerprint density at radius 1 is 1.07 bits per heavy atom. The second-order valence-corrected chi connectivity index (χ2v) is 13.7. The average Bonchev–Trinajstić information content (AvgIpc) is 3.70. The number of pyridine rings is 1. The van der Waals surface area contributed by atoms with E-state index in [1.165, 1.54) is 30.4 Å². The maximum Gasteiger partial charge on any atom is 0.411 e. The number of rotatable bonds is 10. The summed E-state index contributed by atoms with van der Waals surface area (Å²) in [4.78, 5) is 34.3. The SMILES string of the molecule is CCOC(=O)[C@@H]1[C@@H](C(C)(C)C)[C@H](NCc2cc(C3CCC3)cnc2OC)[C@H](c2ccccc2C2CC2)N1C(=O)OC(C)C. The number of nitrogens with one attached hydrogen (secondary N) is 1. The van der Waals surface area contributed by atoms with Crippen molar-refractivity contribution < 1.29 is 23.8 Å². The quantitative estimate of drug-likeness (QED) is 0.301. The Hall–Kier alpha value is -3.13. The molecule has 0 radical (unpaired) electrons. The molecule has 3 aliphatic rings. The van der Waals surface area contributed by atoms with Crippen molar-refractivity contribution in [1.29, 1.82) is 0 Å². The molecule has 43 heavy (non-hydrogen) atoms. The van der Waals surface area contributed by atoms with Gasteiger partial charge in [-0.3, -0.25) is 4.90 Å². The van der Waals surface area contributed by atoms with E-state index in [1.54, 1.807) is 18.9 Å². The third-order valence-electron chi connectivity index (χ3n) is 9.32. The summed E-state index contributed by atoms with van der Waals surface area (Å²) < 4.78 is 17.2. The molecule has 2 saturated carbocycles. The standard InChI is InChI=1S/C35H49N3O5/c1-8-42-33(39)31-28(35(4,5)6)29(36-20-25-18-24(22-12-11-13-22)19-37-32(25)41-7)30(38(31)34(40)43-21(2)3)27-15-10-9-14-26(27)23-16-17-23/h9-10,14-15,18-19,21-23,28-31,36H,8,11-13,16-17,20H2,1-7H3/t28-,29-,30-,31-/m0/s1. The molecule has 1 aliphatic heterocycles. The smallest absolute Gasteiger partial charge is 0.411 e. The molecule has 2 heterocycles. The lowest BCUT2D eigenvalue weighted by molar-refractivity contribution is -0.151. The number of carbonyl (C=O) groups excluding carboxylic acids is 2. The third-order valence-corrected chi connectivity index (χ3v) is 9.32. The number of nitrogens with zero attached hydrogens (tertiary/aromatic N) is 2. The molecule has 2 aromatic rings. The summed E-state index contributed by atoms with van der Waals surface area (Å²) in [6, 6.07) is 9.08. The van der Waals surface area contributed by atoms with Gasteiger partial charge in [0.2, 0.25) is 5.88 Å². The monoisotopic (exact) mass is 591 g/mol. The van der Waals surface area contributed by atoms with Crippen LogP contribution in [0.5, 0.6) is 5.88 Å². The molecule has 4 atom stereocenters. The maximum atomic E-state index is 14.0. The van der Waals surface area contributed by atoms with Gasteiger partial charge >= 0.3 is 12.1 Å². The van der Waals surface area contributed by atoms with Crippen LogP contribution in [0, 0.1) is 11.3 Å². The van der Waals surface area contributed by atoms with Gasteiger partial charge in [-0.05, 0) is 86.5 Å². The van der Waals surface area contributed by atoms with Gasteiger partial charge in [-0.1, -0.05) is 51.5 Å². The molecule has 234 valence electrons. The van der Waals surface area contributed by atoms with Gasteiger partial charge in [-0.15, -0.1) is 0 Å². The number of hydrogen-bond donors (Lipinski definition) is 1. The Balaban J connectivity index is 1.62. The minimum atomic E-state index is -0.817. The Morgan fingerprint density at radius 3 is 2.33 bits per heavy atom. The molecule has 8 heteroatoms. The van der Waals surface area contributed by atoms with Gasteiger partial charge in [0, 0.05) is 30.3 Å². The number of likely N-dealkylation sites (tertiary alicyclic amines) is 1. The van der Waals surface area contributed by atoms with Crippen molar-refractivity contribution in [3.05, 3.63) is 58.8 Å². The number of amides is 1. The van der Waals surface area contributed by atoms with Crippen LogP contribution < -0.4 is 10.1 Å². The number of carbonyl (C=O) groups is 2. The second-order valence-electron chi connectivity index (χ2n) is 13.7. The molecule has 1 N–H and O–H groups in total. The van der Waals surface area contributed by atoms with E-state index in [1.807, 2.05) is 26.1 Å². The number of esters is 1. The number of methoxy groups -OCH3 is 1. The van der Waals surface area contributed by atoms with Crippen molar-refractivity contribution in [1.82, 2.24) is 15.2 Å². The highest BCUT2D eigenvalue weighted by molar-refractivity contribution is 5.84. The molecule has 0 unspecified atom stereocenters. The molecule has 3 fully saturated rings. The Kier molecular flexibility index (Phi) is 9.35. The number of hydrogen-bond acceptors (Lipinski definition) is 7. The van der Waals surface area contributed by atoms with Crippen LogP contribution in [0.15, 0.2) is 36.5 Å². The summed E-state index contributed by atoms with van der Waals surface area (Å²) >= 11 is 0. The molecule has 8 nitrogen and oxygen atoms in total. The van der Waals surface area contributed by atoms with Crippen LogP contribution in [-0.2, 0) is 20.8 Å². The highest BCUT2D eigenvalue weighted by Gasteiger charge is 2.59. The van der Waals surface area contributed by atoms with E-state index < -0.39 is 24.1 Å². The topological polar surface area (TPSA) is 90.0 Å². The van der Waals surface area contributed by atoms with Crippen molar-refractivity contribution in [2.45, 2.75) is 116 Å². The zero-order valence-electron chi connectivity index (χ0n) is 26.9. The van der Waals surface area contributed by atoms with E-state index in [9.17, 15) is 9.59 Å². The van der Waals surface area contributed by atoms with Gasteiger partial charge in [0.1, 0.15) is 6.04 Å². The molecule has 1 aromatic heterocycles. The van der Waals surface area contributed by atoms with Gasteiger partial charge in [0.05, 0.1) is 25.9 Å². The first-order valence-electron chi connectivity index (χ1n) is 16.1. The normalized spacial score (nSPS) is 24.1. The van der Waals surface area contributed by atoms with E-state index in [-0.39, 0.29) is 30.1 Å². The Morgan fingerprint density at radius 2 is 1.77 bits per heavy atom. The highest BCUT2D eigenvalue weighted by Crippen LogP contribution is 2.52. The first-order chi connectivity index (χ1) is 20.5. The van der Waals surface area contributed by atoms with Crippen molar-refractivity contribution in [2.75, 3.05) is 13.7 Å². The molecule has 1 amide bonds. The largest absolute Gasteiger partial charge is 0.481 e. The summed E-state index contributed by atoms with van der Waals surface area (Å²) in [5.74, 6) is 0.926. The Labute approximate surface area is 256 Å². The molecular formula is C35H49N3O5. The second kappa shape index (κ2) is 12.8. The number of ether oxygens (including phenoxy) is 3. The average molecular weight is 592 g/mol. The molecule has 5 rings (SSSR count). The van der Waals surface area contributed by atoms with Crippen LogP contribution in [0.1, 0.15) is 114 Å². The van der Waals surface area contributed by atoms with Crippen LogP contribution in [-0.4, -0.2) is 53.9 Å². The van der Waals surface area contributed by atoms with Crippen LogP contribution in [0.2, 0.25) is 0 Å². The van der Waals surface area contributed by atoms with Crippen LogP contribution in [0.3, 0.4) is 0 Å². The highest BCUT2D eigenvalue weighted by atomic mass is 16.6. The van der Waals surface area contributed by atoms with Gasteiger partial charge < -0.3 is 19.5 Å². The van der Waals surface area contributed by atoms with E-state index in [0.717, 1.165) is 24.0 Å². The summed E-state index contributed by atoms with van der Waals surface area (Å²) in [6.45, 7) is 12.6. The fraction of sp³-hybridized carbons (Fsp3) is 0.629. The third kappa shape index (κ3) is 6.54. The molecular weight excluding hydrogens is 542 g/mol. The minimum Gasteiger partial charge on any atom is -0.481 e. The summed E-state index contributed by atoms with van der Waals surface area (Å²) in [7, 11) is 1.65. The predicted molar refractivity (Wildman–Crippen MR) is 166 cm³/mol. The lowest BCUT2D eigenvalue weighted by atomic mass is 9.72. The Bertz CT molecular complexity index is 1300. The van der Waals surface area contributed by atoms with E-state index in [2.05, 4.69) is 55.3 Å². The van der Waals surface area contributed by atoms with Crippen molar-refractivity contribution in [3.63, 3.8) is 0 Å². The summed E-state index contributed by atoms with van der Waals surface area (Å²) in [5.41, 5.74) is 4.17. The van der Waals surface area contributed by atoms with Crippen LogP contribution >= 0.6 is 0 Å². The van der Waals surface area contributed by atoms with Crippen LogP contribution in [0.25, 0.3) is 0 Å². The summed E-state index contributed by atoms with van der Waals surface area (Å²) in [5, 5.41) is 3.85. The van der Waals surface area contributed by atoms with Gasteiger partial charge in [-0.25, -0.2) is 14.6 Å². The van der Waals surface area contributed by atoms with E-state index >= 15 is 0 Å². The molecule has 0 bridgehead atoms. The molecule has 0 spiro atoms. The predicted octanol–water partition coefficient (Wildman–Crippen LogP) is 6.89. The molecule has 2 aliphatic carbocycles. The van der Waals surface area contributed by atoms with Gasteiger partial charge in [-0.2, -0.15) is 0 Å². The van der Waals surface area contributed by atoms with Gasteiger partial charge in [0.15, 0.2) is 0 Å². The van der Waals surface area contributed by atoms with Gasteiger partial charge in [0.25, 0.3) is 0 Å². The van der Waals surface area contributed by atoms with Crippen molar-refractivity contribution in [2.24, 2.45) is 11.3 Å². The van der Waals surface area contributed by atoms with Crippen LogP contribution in [0.4, 0.5) is 4.79 Å². The fourth-order valence-corrected chi connectivity index (χ4v) is 7.05. The van der Waals surface area contributed by atoms with E-state index in [4.69, 9.17) is 14.2 Å². The first-order valence-corrected chi connectivity index (χ1v) is 16.1. The van der Waals surface area contributed by atoms with E-state index in [0.29, 0.717) is 24.3 Å². The number of benzene rings is 1. The fourth-order valence-electron chi connectivity index (χ4n) is 7.05. The summed E-state index contributed by atoms with van der Waals surface area (Å²) in [6.07, 6.45) is 6.98. The zero-order chi connectivity index (χ0) is 30.9. The lowest BCUT2D eigenvalue weighted by Crippen LogP contribution is -2.49. The molecule has 1 aromatic carbocycles. The van der Waals surface area contributed by atoms with Crippen molar-refractivity contribution >= 4 is 12.1 Å². The zero-order valence-corrected chi connectivity index (χ0v) is 26.9. The number of aromatic nitrogens is 1. The van der Waals surface area contributed by atoms with Crippen molar-refractivity contribution in [3.8, 4) is 5.88 Å².